The number of rotatable bonds is 4. The van der Waals surface area contributed by atoms with Gasteiger partial charge in [-0.25, -0.2) is 4.79 Å². The van der Waals surface area contributed by atoms with Gasteiger partial charge in [0.25, 0.3) is 5.91 Å². The van der Waals surface area contributed by atoms with Crippen molar-refractivity contribution in [2.45, 2.75) is 13.8 Å². The van der Waals surface area contributed by atoms with Gasteiger partial charge < -0.3 is 15.8 Å². The number of anilines is 2. The predicted octanol–water partition coefficient (Wildman–Crippen LogP) is 2.79. The van der Waals surface area contributed by atoms with Crippen molar-refractivity contribution in [2.24, 2.45) is 0 Å². The van der Waals surface area contributed by atoms with E-state index >= 15 is 0 Å². The smallest absolute Gasteiger partial charge is 0.343 e. The molecular weight excluding hydrogens is 326 g/mol. The molecule has 0 atom stereocenters. The van der Waals surface area contributed by atoms with E-state index in [1.807, 2.05) is 6.92 Å². The van der Waals surface area contributed by atoms with E-state index in [9.17, 15) is 9.59 Å². The van der Waals surface area contributed by atoms with E-state index in [1.54, 1.807) is 25.1 Å². The molecule has 1 amide bonds. The minimum atomic E-state index is -0.665. The summed E-state index contributed by atoms with van der Waals surface area (Å²) in [5.41, 5.74) is 7.76. The summed E-state index contributed by atoms with van der Waals surface area (Å²) < 4.78 is 8.91. The molecule has 1 aromatic heterocycles. The SMILES string of the molecule is Cc1ccc(Cl)cc1NC(=O)COC(=O)c1c(C)nsc1N. The number of amides is 1. The molecule has 0 aliphatic rings. The van der Waals surface area contributed by atoms with Gasteiger partial charge in [0.2, 0.25) is 0 Å². The van der Waals surface area contributed by atoms with E-state index < -0.39 is 18.5 Å². The quantitative estimate of drug-likeness (QED) is 0.835. The van der Waals surface area contributed by atoms with Crippen LogP contribution >= 0.6 is 23.1 Å². The number of nitrogens with one attached hydrogen (secondary N) is 1. The lowest BCUT2D eigenvalue weighted by Crippen LogP contribution is -2.21. The molecule has 2 rings (SSSR count). The summed E-state index contributed by atoms with van der Waals surface area (Å²) in [7, 11) is 0. The van der Waals surface area contributed by atoms with Crippen LogP contribution in [0.5, 0.6) is 0 Å². The fourth-order valence-electron chi connectivity index (χ4n) is 1.75. The summed E-state index contributed by atoms with van der Waals surface area (Å²) in [6, 6.07) is 5.13. The highest BCUT2D eigenvalue weighted by Gasteiger charge is 2.19. The number of carbonyl (C=O) groups is 2. The Bertz CT molecular complexity index is 711. The average molecular weight is 340 g/mol. The second kappa shape index (κ2) is 6.76. The van der Waals surface area contributed by atoms with Crippen molar-refractivity contribution in [3.8, 4) is 0 Å². The summed E-state index contributed by atoms with van der Waals surface area (Å²) in [4.78, 5) is 23.7. The molecule has 1 aromatic carbocycles. The zero-order chi connectivity index (χ0) is 16.3. The van der Waals surface area contributed by atoms with Crippen molar-refractivity contribution in [3.63, 3.8) is 0 Å². The molecule has 8 heteroatoms. The fraction of sp³-hybridized carbons (Fsp3) is 0.214. The average Bonchev–Trinajstić information content (AvgIpc) is 2.80. The van der Waals surface area contributed by atoms with E-state index in [2.05, 4.69) is 9.69 Å². The molecule has 0 aliphatic carbocycles. The number of nitrogens with zero attached hydrogens (tertiary/aromatic N) is 1. The van der Waals surface area contributed by atoms with Crippen LogP contribution in [-0.2, 0) is 9.53 Å². The second-order valence-corrected chi connectivity index (χ2v) is 5.83. The summed E-state index contributed by atoms with van der Waals surface area (Å²) in [5, 5.41) is 3.41. The Kier molecular flexibility index (Phi) is 4.99. The Hall–Kier alpha value is -2.12. The Labute approximate surface area is 136 Å². The van der Waals surface area contributed by atoms with Crippen molar-refractivity contribution >= 4 is 45.7 Å². The summed E-state index contributed by atoms with van der Waals surface area (Å²) in [5.74, 6) is -1.13. The molecule has 0 unspecified atom stereocenters. The number of hydrogen-bond donors (Lipinski definition) is 2. The Morgan fingerprint density at radius 1 is 1.41 bits per heavy atom. The monoisotopic (exact) mass is 339 g/mol. The molecule has 116 valence electrons. The minimum Gasteiger partial charge on any atom is -0.452 e. The maximum Gasteiger partial charge on any atom is 0.343 e. The third kappa shape index (κ3) is 3.75. The van der Waals surface area contributed by atoms with E-state index in [0.717, 1.165) is 17.1 Å². The molecule has 0 saturated heterocycles. The lowest BCUT2D eigenvalue weighted by molar-refractivity contribution is -0.119. The van der Waals surface area contributed by atoms with Crippen LogP contribution in [0.4, 0.5) is 10.7 Å². The van der Waals surface area contributed by atoms with E-state index in [4.69, 9.17) is 22.1 Å². The Balaban J connectivity index is 1.96. The highest BCUT2D eigenvalue weighted by atomic mass is 35.5. The molecule has 0 saturated carbocycles. The number of nitrogens with two attached hydrogens (primary N) is 1. The topological polar surface area (TPSA) is 94.3 Å². The number of hydrogen-bond acceptors (Lipinski definition) is 6. The van der Waals surface area contributed by atoms with Gasteiger partial charge in [0.05, 0.1) is 5.69 Å². The molecule has 6 nitrogen and oxygen atoms in total. The zero-order valence-corrected chi connectivity index (χ0v) is 13.5. The van der Waals surface area contributed by atoms with Gasteiger partial charge >= 0.3 is 5.97 Å². The number of aromatic nitrogens is 1. The van der Waals surface area contributed by atoms with Gasteiger partial charge in [0.1, 0.15) is 10.6 Å². The minimum absolute atomic E-state index is 0.205. The van der Waals surface area contributed by atoms with Crippen LogP contribution < -0.4 is 11.1 Å². The lowest BCUT2D eigenvalue weighted by atomic mass is 10.2. The van der Waals surface area contributed by atoms with Crippen LogP contribution in [0.15, 0.2) is 18.2 Å². The van der Waals surface area contributed by atoms with Gasteiger partial charge in [-0.15, -0.1) is 0 Å². The molecule has 3 N–H and O–H groups in total. The molecule has 0 bridgehead atoms. The normalized spacial score (nSPS) is 10.3. The van der Waals surface area contributed by atoms with E-state index in [1.165, 1.54) is 0 Å². The van der Waals surface area contributed by atoms with Crippen LogP contribution in [0, 0.1) is 13.8 Å². The molecule has 0 radical (unpaired) electrons. The number of aryl methyl sites for hydroxylation is 2. The van der Waals surface area contributed by atoms with Crippen LogP contribution in [0.1, 0.15) is 21.6 Å². The van der Waals surface area contributed by atoms with Crippen LogP contribution in [0.25, 0.3) is 0 Å². The van der Waals surface area contributed by atoms with Gasteiger partial charge in [-0.1, -0.05) is 17.7 Å². The molecule has 22 heavy (non-hydrogen) atoms. The third-order valence-corrected chi connectivity index (χ3v) is 3.90. The molecule has 1 heterocycles. The van der Waals surface area contributed by atoms with Crippen molar-refractivity contribution in [1.29, 1.82) is 0 Å². The van der Waals surface area contributed by atoms with Crippen molar-refractivity contribution < 1.29 is 14.3 Å². The first-order valence-electron chi connectivity index (χ1n) is 6.33. The van der Waals surface area contributed by atoms with Crippen molar-refractivity contribution in [2.75, 3.05) is 17.7 Å². The summed E-state index contributed by atoms with van der Waals surface area (Å²) >= 11 is 6.89. The van der Waals surface area contributed by atoms with Crippen molar-refractivity contribution in [3.05, 3.63) is 40.0 Å². The van der Waals surface area contributed by atoms with Crippen molar-refractivity contribution in [1.82, 2.24) is 4.37 Å². The molecule has 0 spiro atoms. The molecule has 2 aromatic rings. The predicted molar refractivity (Wildman–Crippen MR) is 86.4 cm³/mol. The number of benzene rings is 1. The number of nitrogen functional groups attached to an aromatic ring is 1. The summed E-state index contributed by atoms with van der Waals surface area (Å²) in [6.45, 7) is 3.07. The molecule has 0 aliphatic heterocycles. The highest BCUT2D eigenvalue weighted by Crippen LogP contribution is 2.22. The lowest BCUT2D eigenvalue weighted by Gasteiger charge is -2.09. The maximum atomic E-state index is 11.9. The van der Waals surface area contributed by atoms with Gasteiger partial charge in [-0.05, 0) is 43.1 Å². The Morgan fingerprint density at radius 2 is 2.14 bits per heavy atom. The first kappa shape index (κ1) is 16.3. The molecule has 0 fully saturated rings. The van der Waals surface area contributed by atoms with Gasteiger partial charge in [0.15, 0.2) is 6.61 Å². The third-order valence-electron chi connectivity index (χ3n) is 2.90. The second-order valence-electron chi connectivity index (χ2n) is 4.59. The maximum absolute atomic E-state index is 11.9. The molecular formula is C14H14ClN3O3S. The first-order chi connectivity index (χ1) is 10.4. The van der Waals surface area contributed by atoms with E-state index in [-0.39, 0.29) is 10.6 Å². The Morgan fingerprint density at radius 3 is 2.77 bits per heavy atom. The van der Waals surface area contributed by atoms with Crippen LogP contribution in [-0.4, -0.2) is 22.9 Å². The standard InChI is InChI=1S/C14H14ClN3O3S/c1-7-3-4-9(15)5-10(7)17-11(19)6-21-14(20)12-8(2)18-22-13(12)16/h3-5H,6,16H2,1-2H3,(H,17,19). The largest absolute Gasteiger partial charge is 0.452 e. The first-order valence-corrected chi connectivity index (χ1v) is 7.48. The number of esters is 1. The summed E-state index contributed by atoms with van der Waals surface area (Å²) in [6.07, 6.45) is 0. The van der Waals surface area contributed by atoms with Gasteiger partial charge in [0, 0.05) is 10.7 Å². The number of ether oxygens (including phenoxy) is 1. The highest BCUT2D eigenvalue weighted by molar-refractivity contribution is 7.10. The fourth-order valence-corrected chi connectivity index (χ4v) is 2.57. The van der Waals surface area contributed by atoms with Crippen LogP contribution in [0.2, 0.25) is 5.02 Å². The van der Waals surface area contributed by atoms with Crippen LogP contribution in [0.3, 0.4) is 0 Å². The van der Waals surface area contributed by atoms with E-state index in [0.29, 0.717) is 16.4 Å². The zero-order valence-electron chi connectivity index (χ0n) is 12.0. The number of carbonyl (C=O) groups excluding carboxylic acids is 2. The number of halogens is 1. The van der Waals surface area contributed by atoms with Gasteiger partial charge in [-0.2, -0.15) is 4.37 Å². The van der Waals surface area contributed by atoms with Gasteiger partial charge in [-0.3, -0.25) is 4.79 Å².